The molecule has 1 unspecified atom stereocenters. The average molecular weight is 547 g/mol. The van der Waals surface area contributed by atoms with Gasteiger partial charge in [-0.1, -0.05) is 30.3 Å². The monoisotopic (exact) mass is 546 g/mol. The molecule has 15 heteroatoms. The lowest BCUT2D eigenvalue weighted by Gasteiger charge is -2.18. The summed E-state index contributed by atoms with van der Waals surface area (Å²) in [5, 5.41) is 18.0. The second-order valence-electron chi connectivity index (χ2n) is 8.59. The standard InChI is InChI=1S/C22H24N8O2.C2HF3O2/c1-3-30-19-15(22(31)29-10-9-14(12-29)24-2)11-25-16(13-7-5-4-6-8-13)17(19)26-21(30)18-20(23)28-32-27-18;3-2(4,5)1(6)7/h4-8,11,14,24H,3,9-10,12H2,1-2H3,(H2,23,28);(H,6,7). The van der Waals surface area contributed by atoms with Crippen molar-refractivity contribution in [3.8, 4) is 22.8 Å². The SMILES string of the molecule is CCn1c(-c2nonc2N)nc2c(-c3ccccc3)ncc(C(=O)N3CCC(NC)C3)c21.O=C(O)C(F)(F)F. The number of carbonyl (C=O) groups is 2. The molecule has 1 atom stereocenters. The molecule has 0 aliphatic carbocycles. The number of carboxylic acids is 1. The van der Waals surface area contributed by atoms with Crippen LogP contribution in [-0.4, -0.2) is 79.1 Å². The molecule has 3 aromatic heterocycles. The van der Waals surface area contributed by atoms with E-state index in [1.165, 1.54) is 0 Å². The zero-order valence-corrected chi connectivity index (χ0v) is 20.9. The van der Waals surface area contributed by atoms with Crippen molar-refractivity contribution >= 4 is 28.7 Å². The molecule has 206 valence electrons. The van der Waals surface area contributed by atoms with E-state index < -0.39 is 12.1 Å². The van der Waals surface area contributed by atoms with Gasteiger partial charge in [0.25, 0.3) is 5.91 Å². The number of nitrogens with one attached hydrogen (secondary N) is 1. The summed E-state index contributed by atoms with van der Waals surface area (Å²) in [5.41, 5.74) is 9.75. The maximum atomic E-state index is 13.5. The first kappa shape index (κ1) is 27.5. The molecule has 0 radical (unpaired) electrons. The van der Waals surface area contributed by atoms with Gasteiger partial charge in [-0.15, -0.1) is 0 Å². The summed E-state index contributed by atoms with van der Waals surface area (Å²) < 4.78 is 38.5. The number of halogens is 3. The third-order valence-electron chi connectivity index (χ3n) is 6.22. The van der Waals surface area contributed by atoms with Gasteiger partial charge < -0.3 is 25.6 Å². The zero-order valence-electron chi connectivity index (χ0n) is 20.9. The minimum atomic E-state index is -5.08. The molecule has 39 heavy (non-hydrogen) atoms. The van der Waals surface area contributed by atoms with Gasteiger partial charge in [0, 0.05) is 37.4 Å². The van der Waals surface area contributed by atoms with Crippen molar-refractivity contribution in [3.05, 3.63) is 42.1 Å². The molecular formula is C24H25F3N8O4. The molecule has 0 spiro atoms. The molecule has 1 saturated heterocycles. The second kappa shape index (κ2) is 11.1. The van der Waals surface area contributed by atoms with Gasteiger partial charge >= 0.3 is 12.1 Å². The summed E-state index contributed by atoms with van der Waals surface area (Å²) >= 11 is 0. The number of rotatable bonds is 5. The van der Waals surface area contributed by atoms with Gasteiger partial charge in [-0.25, -0.2) is 14.4 Å². The fraction of sp³-hybridized carbons (Fsp3) is 0.333. The molecule has 0 saturated carbocycles. The number of nitrogens with two attached hydrogens (primary N) is 1. The van der Waals surface area contributed by atoms with Gasteiger partial charge in [0.2, 0.25) is 0 Å². The number of fused-ring (bicyclic) bond motifs is 1. The molecule has 1 aliphatic rings. The van der Waals surface area contributed by atoms with E-state index in [-0.39, 0.29) is 11.7 Å². The number of amides is 1. The van der Waals surface area contributed by atoms with Gasteiger partial charge in [-0.05, 0) is 30.7 Å². The lowest BCUT2D eigenvalue weighted by atomic mass is 10.1. The largest absolute Gasteiger partial charge is 0.490 e. The van der Waals surface area contributed by atoms with Crippen LogP contribution in [0, 0.1) is 0 Å². The van der Waals surface area contributed by atoms with Crippen molar-refractivity contribution in [2.75, 3.05) is 25.9 Å². The highest BCUT2D eigenvalue weighted by molar-refractivity contribution is 6.08. The Morgan fingerprint density at radius 3 is 2.44 bits per heavy atom. The summed E-state index contributed by atoms with van der Waals surface area (Å²) in [6, 6.07) is 10.1. The smallest absolute Gasteiger partial charge is 0.475 e. The quantitative estimate of drug-likeness (QED) is 0.339. The maximum Gasteiger partial charge on any atom is 0.490 e. The predicted octanol–water partition coefficient (Wildman–Crippen LogP) is 2.82. The normalized spacial score (nSPS) is 15.3. The molecule has 4 aromatic rings. The molecule has 0 bridgehead atoms. The Hall–Kier alpha value is -4.53. The van der Waals surface area contributed by atoms with E-state index in [4.69, 9.17) is 25.2 Å². The number of carbonyl (C=O) groups excluding carboxylic acids is 1. The first-order chi connectivity index (χ1) is 18.6. The predicted molar refractivity (Wildman–Crippen MR) is 133 cm³/mol. The number of anilines is 1. The van der Waals surface area contributed by atoms with Crippen molar-refractivity contribution in [1.82, 2.24) is 35.1 Å². The first-order valence-electron chi connectivity index (χ1n) is 11.9. The number of hydrogen-bond donors (Lipinski definition) is 3. The molecular weight excluding hydrogens is 521 g/mol. The summed E-state index contributed by atoms with van der Waals surface area (Å²) in [4.78, 5) is 33.8. The molecule has 4 N–H and O–H groups in total. The Morgan fingerprint density at radius 2 is 1.90 bits per heavy atom. The van der Waals surface area contributed by atoms with Crippen LogP contribution in [0.5, 0.6) is 0 Å². The Balaban J connectivity index is 0.000000448. The lowest BCUT2D eigenvalue weighted by molar-refractivity contribution is -0.192. The molecule has 1 fully saturated rings. The van der Waals surface area contributed by atoms with Crippen molar-refractivity contribution in [3.63, 3.8) is 0 Å². The Bertz CT molecular complexity index is 1490. The van der Waals surface area contributed by atoms with E-state index in [1.807, 2.05) is 53.8 Å². The van der Waals surface area contributed by atoms with Crippen molar-refractivity contribution in [2.45, 2.75) is 32.1 Å². The molecule has 1 amide bonds. The van der Waals surface area contributed by atoms with Crippen LogP contribution in [0.25, 0.3) is 33.8 Å². The number of nitrogen functional groups attached to an aromatic ring is 1. The fourth-order valence-corrected chi connectivity index (χ4v) is 4.30. The Morgan fingerprint density at radius 1 is 1.21 bits per heavy atom. The van der Waals surface area contributed by atoms with Crippen LogP contribution in [0.15, 0.2) is 41.2 Å². The number of likely N-dealkylation sites (N-methyl/N-ethyl adjacent to an activating group) is 1. The number of aryl methyl sites for hydroxylation is 1. The third kappa shape index (κ3) is 5.52. The van der Waals surface area contributed by atoms with Crippen molar-refractivity contribution < 1.29 is 32.5 Å². The van der Waals surface area contributed by atoms with Crippen LogP contribution >= 0.6 is 0 Å². The molecule has 4 heterocycles. The summed E-state index contributed by atoms with van der Waals surface area (Å²) in [7, 11) is 1.92. The highest BCUT2D eigenvalue weighted by Gasteiger charge is 2.38. The number of likely N-dealkylation sites (tertiary alicyclic amines) is 1. The molecule has 1 aromatic carbocycles. The van der Waals surface area contributed by atoms with Crippen LogP contribution < -0.4 is 11.1 Å². The number of aromatic nitrogens is 5. The molecule has 5 rings (SSSR count). The van der Waals surface area contributed by atoms with Gasteiger partial charge in [-0.2, -0.15) is 13.2 Å². The van der Waals surface area contributed by atoms with E-state index in [0.29, 0.717) is 59.5 Å². The number of aliphatic carboxylic acids is 1. The van der Waals surface area contributed by atoms with E-state index in [2.05, 4.69) is 20.6 Å². The number of benzene rings is 1. The van der Waals surface area contributed by atoms with E-state index in [9.17, 15) is 18.0 Å². The number of imidazole rings is 1. The Kier molecular flexibility index (Phi) is 7.80. The average Bonchev–Trinajstić information content (AvgIpc) is 3.66. The molecule has 12 nitrogen and oxygen atoms in total. The van der Waals surface area contributed by atoms with Gasteiger partial charge in [-0.3, -0.25) is 9.78 Å². The highest BCUT2D eigenvalue weighted by Crippen LogP contribution is 2.34. The molecule has 1 aliphatic heterocycles. The summed E-state index contributed by atoms with van der Waals surface area (Å²) in [6.07, 6.45) is -2.51. The summed E-state index contributed by atoms with van der Waals surface area (Å²) in [5.74, 6) is -2.18. The van der Waals surface area contributed by atoms with Crippen LogP contribution in [0.2, 0.25) is 0 Å². The van der Waals surface area contributed by atoms with E-state index in [0.717, 1.165) is 12.0 Å². The van der Waals surface area contributed by atoms with Crippen LogP contribution in [0.4, 0.5) is 19.0 Å². The van der Waals surface area contributed by atoms with Gasteiger partial charge in [0.1, 0.15) is 5.52 Å². The van der Waals surface area contributed by atoms with E-state index in [1.54, 1.807) is 6.20 Å². The number of alkyl halides is 3. The summed E-state index contributed by atoms with van der Waals surface area (Å²) in [6.45, 7) is 3.89. The van der Waals surface area contributed by atoms with Crippen LogP contribution in [0.3, 0.4) is 0 Å². The number of pyridine rings is 1. The maximum absolute atomic E-state index is 13.5. The second-order valence-corrected chi connectivity index (χ2v) is 8.59. The number of hydrogen-bond acceptors (Lipinski definition) is 9. The number of carboxylic acid groups (broad SMARTS) is 1. The third-order valence-corrected chi connectivity index (χ3v) is 6.22. The van der Waals surface area contributed by atoms with Gasteiger partial charge in [0.15, 0.2) is 17.3 Å². The minimum absolute atomic E-state index is 0.0627. The van der Waals surface area contributed by atoms with Crippen LogP contribution in [-0.2, 0) is 11.3 Å². The van der Waals surface area contributed by atoms with E-state index >= 15 is 0 Å². The van der Waals surface area contributed by atoms with Crippen molar-refractivity contribution in [1.29, 1.82) is 0 Å². The fourth-order valence-electron chi connectivity index (χ4n) is 4.30. The lowest BCUT2D eigenvalue weighted by Crippen LogP contribution is -2.33. The number of nitrogens with zero attached hydrogens (tertiary/aromatic N) is 6. The minimum Gasteiger partial charge on any atom is -0.475 e. The Labute approximate surface area is 219 Å². The van der Waals surface area contributed by atoms with Gasteiger partial charge in [0.05, 0.1) is 16.8 Å². The topological polar surface area (TPSA) is 165 Å². The highest BCUT2D eigenvalue weighted by atomic mass is 19.4. The first-order valence-corrected chi connectivity index (χ1v) is 11.9. The van der Waals surface area contributed by atoms with Crippen molar-refractivity contribution in [2.24, 2.45) is 0 Å². The van der Waals surface area contributed by atoms with Crippen LogP contribution in [0.1, 0.15) is 23.7 Å². The zero-order chi connectivity index (χ0) is 28.3.